The summed E-state index contributed by atoms with van der Waals surface area (Å²) in [5.74, 6) is -0.328. The second-order valence-corrected chi connectivity index (χ2v) is 7.80. The summed E-state index contributed by atoms with van der Waals surface area (Å²) in [6, 6.07) is 19.7. The van der Waals surface area contributed by atoms with Crippen LogP contribution in [-0.2, 0) is 16.1 Å². The number of hydrogen-bond acceptors (Lipinski definition) is 3. The molecule has 1 aromatic heterocycles. The fraction of sp³-hybridized carbons (Fsp3) is 0.292. The number of anilines is 1. The number of rotatable bonds is 5. The third-order valence-corrected chi connectivity index (χ3v) is 5.48. The molecule has 0 radical (unpaired) electrons. The van der Waals surface area contributed by atoms with E-state index in [9.17, 15) is 9.59 Å². The summed E-state index contributed by atoms with van der Waals surface area (Å²) in [5.41, 5.74) is 2.66. The van der Waals surface area contributed by atoms with Crippen LogP contribution in [0.3, 0.4) is 0 Å². The van der Waals surface area contributed by atoms with Crippen LogP contribution in [0.2, 0.25) is 0 Å². The summed E-state index contributed by atoms with van der Waals surface area (Å²) < 4.78 is 0. The highest BCUT2D eigenvalue weighted by Crippen LogP contribution is 2.31. The Balaban J connectivity index is 1.57. The Kier molecular flexibility index (Phi) is 5.30. The predicted molar refractivity (Wildman–Crippen MR) is 114 cm³/mol. The first kappa shape index (κ1) is 19.1. The molecule has 0 saturated carbocycles. The number of carbonyl (C=O) groups excluding carboxylic acids is 2. The van der Waals surface area contributed by atoms with E-state index in [1.807, 2.05) is 79.4 Å². The molecule has 0 aliphatic carbocycles. The number of nitrogens with zero attached hydrogens (tertiary/aromatic N) is 3. The van der Waals surface area contributed by atoms with Crippen LogP contribution in [0.5, 0.6) is 0 Å². The third kappa shape index (κ3) is 3.86. The van der Waals surface area contributed by atoms with Crippen molar-refractivity contribution < 1.29 is 9.59 Å². The van der Waals surface area contributed by atoms with Crippen LogP contribution in [0, 0.1) is 5.92 Å². The average molecular weight is 387 g/mol. The van der Waals surface area contributed by atoms with Crippen LogP contribution >= 0.6 is 0 Å². The van der Waals surface area contributed by atoms with Crippen LogP contribution in [0.1, 0.15) is 25.8 Å². The van der Waals surface area contributed by atoms with E-state index in [1.54, 1.807) is 11.1 Å². The number of carbonyl (C=O) groups is 2. The van der Waals surface area contributed by atoms with Crippen LogP contribution in [0.25, 0.3) is 10.9 Å². The van der Waals surface area contributed by atoms with E-state index in [0.29, 0.717) is 13.1 Å². The fourth-order valence-corrected chi connectivity index (χ4v) is 3.94. The lowest BCUT2D eigenvalue weighted by atomic mass is 10.1. The highest BCUT2D eigenvalue weighted by atomic mass is 16.2. The van der Waals surface area contributed by atoms with Gasteiger partial charge in [-0.3, -0.25) is 14.6 Å². The van der Waals surface area contributed by atoms with E-state index < -0.39 is 0 Å². The molecule has 1 atom stereocenters. The molecule has 2 aromatic carbocycles. The summed E-state index contributed by atoms with van der Waals surface area (Å²) in [4.78, 5) is 34.2. The van der Waals surface area contributed by atoms with E-state index in [-0.39, 0.29) is 30.2 Å². The van der Waals surface area contributed by atoms with E-state index in [4.69, 9.17) is 0 Å². The molecule has 0 N–H and O–H groups in total. The van der Waals surface area contributed by atoms with Gasteiger partial charge in [0.2, 0.25) is 11.8 Å². The van der Waals surface area contributed by atoms with E-state index >= 15 is 0 Å². The zero-order chi connectivity index (χ0) is 20.4. The lowest BCUT2D eigenvalue weighted by Crippen LogP contribution is -2.41. The monoisotopic (exact) mass is 387 g/mol. The molecular formula is C24H25N3O2. The first-order chi connectivity index (χ1) is 14.0. The standard InChI is InChI=1S/C24H25N3O2/c1-17(2)26(15-18-8-4-3-5-9-18)24(29)20-14-22(28)27(16-20)21-12-6-10-19-11-7-13-25-23(19)21/h3-13,17,20H,14-16H2,1-2H3. The van der Waals surface area contributed by atoms with Gasteiger partial charge in [-0.15, -0.1) is 0 Å². The number of hydrogen-bond donors (Lipinski definition) is 0. The van der Waals surface area contributed by atoms with Crippen molar-refractivity contribution in [2.45, 2.75) is 32.9 Å². The molecule has 0 bridgehead atoms. The third-order valence-electron chi connectivity index (χ3n) is 5.48. The van der Waals surface area contributed by atoms with Gasteiger partial charge in [0.15, 0.2) is 0 Å². The van der Waals surface area contributed by atoms with Crippen LogP contribution in [0.15, 0.2) is 66.9 Å². The molecule has 2 heterocycles. The van der Waals surface area contributed by atoms with Gasteiger partial charge < -0.3 is 9.80 Å². The Morgan fingerprint density at radius 2 is 1.86 bits per heavy atom. The van der Waals surface area contributed by atoms with Gasteiger partial charge in [0.25, 0.3) is 0 Å². The van der Waals surface area contributed by atoms with Crippen LogP contribution < -0.4 is 4.90 Å². The first-order valence-electron chi connectivity index (χ1n) is 10.0. The van der Waals surface area contributed by atoms with Crippen molar-refractivity contribution in [3.8, 4) is 0 Å². The smallest absolute Gasteiger partial charge is 0.228 e. The summed E-state index contributed by atoms with van der Waals surface area (Å²) >= 11 is 0. The quantitative estimate of drug-likeness (QED) is 0.664. The van der Waals surface area contributed by atoms with Crippen molar-refractivity contribution in [1.82, 2.24) is 9.88 Å². The largest absolute Gasteiger partial charge is 0.336 e. The van der Waals surface area contributed by atoms with E-state index in [1.165, 1.54) is 0 Å². The maximum Gasteiger partial charge on any atom is 0.228 e. The van der Waals surface area contributed by atoms with Gasteiger partial charge in [-0.2, -0.15) is 0 Å². The summed E-state index contributed by atoms with van der Waals surface area (Å²) in [6.45, 7) is 4.98. The highest BCUT2D eigenvalue weighted by molar-refractivity contribution is 6.05. The number of benzene rings is 2. The Morgan fingerprint density at radius 3 is 2.62 bits per heavy atom. The van der Waals surface area contributed by atoms with Crippen molar-refractivity contribution >= 4 is 28.4 Å². The lowest BCUT2D eigenvalue weighted by Gasteiger charge is -2.29. The van der Waals surface area contributed by atoms with Crippen molar-refractivity contribution in [2.24, 2.45) is 5.92 Å². The zero-order valence-corrected chi connectivity index (χ0v) is 16.8. The van der Waals surface area contributed by atoms with Crippen LogP contribution in [-0.4, -0.2) is 34.3 Å². The van der Waals surface area contributed by atoms with Crippen LogP contribution in [0.4, 0.5) is 5.69 Å². The maximum absolute atomic E-state index is 13.3. The maximum atomic E-state index is 13.3. The number of para-hydroxylation sites is 1. The topological polar surface area (TPSA) is 53.5 Å². The molecule has 1 unspecified atom stereocenters. The molecule has 4 rings (SSSR count). The van der Waals surface area contributed by atoms with Crippen molar-refractivity contribution in [3.63, 3.8) is 0 Å². The van der Waals surface area contributed by atoms with Gasteiger partial charge in [-0.05, 0) is 31.5 Å². The first-order valence-corrected chi connectivity index (χ1v) is 10.0. The Hall–Kier alpha value is -3.21. The summed E-state index contributed by atoms with van der Waals surface area (Å²) in [6.07, 6.45) is 1.97. The summed E-state index contributed by atoms with van der Waals surface area (Å²) in [7, 11) is 0. The molecule has 5 nitrogen and oxygen atoms in total. The average Bonchev–Trinajstić information content (AvgIpc) is 3.13. The van der Waals surface area contributed by atoms with Gasteiger partial charge in [0.1, 0.15) is 0 Å². The predicted octanol–water partition coefficient (Wildman–Crippen LogP) is 4.02. The zero-order valence-electron chi connectivity index (χ0n) is 16.8. The fourth-order valence-electron chi connectivity index (χ4n) is 3.94. The summed E-state index contributed by atoms with van der Waals surface area (Å²) in [5, 5.41) is 0.987. The molecule has 1 aliphatic heterocycles. The van der Waals surface area contributed by atoms with Gasteiger partial charge in [0.05, 0.1) is 17.1 Å². The highest BCUT2D eigenvalue weighted by Gasteiger charge is 2.38. The van der Waals surface area contributed by atoms with Gasteiger partial charge >= 0.3 is 0 Å². The molecular weight excluding hydrogens is 362 g/mol. The molecule has 0 spiro atoms. The molecule has 2 amide bonds. The minimum Gasteiger partial charge on any atom is -0.336 e. The molecule has 1 aliphatic rings. The van der Waals surface area contributed by atoms with Gasteiger partial charge in [-0.1, -0.05) is 48.5 Å². The lowest BCUT2D eigenvalue weighted by molar-refractivity contribution is -0.138. The minimum absolute atomic E-state index is 0.0232. The number of pyridine rings is 1. The Bertz CT molecular complexity index is 1030. The SMILES string of the molecule is CC(C)N(Cc1ccccc1)C(=O)C1CC(=O)N(c2cccc3cccnc23)C1. The number of aromatic nitrogens is 1. The molecule has 1 saturated heterocycles. The van der Waals surface area contributed by atoms with E-state index in [2.05, 4.69) is 4.98 Å². The number of amides is 2. The minimum atomic E-state index is -0.340. The molecule has 29 heavy (non-hydrogen) atoms. The normalized spacial score (nSPS) is 16.6. The Morgan fingerprint density at radius 1 is 1.10 bits per heavy atom. The van der Waals surface area contributed by atoms with Crippen molar-refractivity contribution in [1.29, 1.82) is 0 Å². The van der Waals surface area contributed by atoms with Gasteiger partial charge in [0, 0.05) is 37.1 Å². The molecule has 148 valence electrons. The van der Waals surface area contributed by atoms with Gasteiger partial charge in [-0.25, -0.2) is 0 Å². The number of fused-ring (bicyclic) bond motifs is 1. The molecule has 3 aromatic rings. The second kappa shape index (κ2) is 8.03. The van der Waals surface area contributed by atoms with Crippen molar-refractivity contribution in [3.05, 3.63) is 72.4 Å². The second-order valence-electron chi connectivity index (χ2n) is 7.80. The molecule has 1 fully saturated rings. The van der Waals surface area contributed by atoms with Crippen molar-refractivity contribution in [2.75, 3.05) is 11.4 Å². The van der Waals surface area contributed by atoms with E-state index in [0.717, 1.165) is 22.2 Å². The Labute approximate surface area is 171 Å². The molecule has 5 heteroatoms.